The normalized spacial score (nSPS) is 12.7. The summed E-state index contributed by atoms with van der Waals surface area (Å²) in [6, 6.07) is 12.3. The highest BCUT2D eigenvalue weighted by molar-refractivity contribution is 7.54. The van der Waals surface area contributed by atoms with Crippen molar-refractivity contribution in [3.63, 3.8) is 0 Å². The highest BCUT2D eigenvalue weighted by Gasteiger charge is 2.41. The van der Waals surface area contributed by atoms with Crippen molar-refractivity contribution in [3.8, 4) is 12.1 Å². The van der Waals surface area contributed by atoms with Gasteiger partial charge in [0.15, 0.2) is 5.92 Å². The molecule has 0 saturated carbocycles. The number of hydrogen-bond acceptors (Lipinski definition) is 5. The highest BCUT2D eigenvalue weighted by atomic mass is 31.2. The summed E-state index contributed by atoms with van der Waals surface area (Å²) in [6.45, 7) is 0. The number of nitrogens with zero attached hydrogens (tertiary/aromatic N) is 2. The smallest absolute Gasteiger partial charge is 0.311 e. The first-order valence-corrected chi connectivity index (χ1v) is 6.79. The van der Waals surface area contributed by atoms with Crippen molar-refractivity contribution in [2.75, 3.05) is 14.2 Å². The predicted octanol–water partition coefficient (Wildman–Crippen LogP) is 2.88. The van der Waals surface area contributed by atoms with Gasteiger partial charge in [0, 0.05) is 14.2 Å². The van der Waals surface area contributed by atoms with Crippen LogP contribution >= 0.6 is 7.60 Å². The predicted molar refractivity (Wildman–Crippen MR) is 65.5 cm³/mol. The lowest BCUT2D eigenvalue weighted by Gasteiger charge is -2.25. The van der Waals surface area contributed by atoms with Gasteiger partial charge in [0.05, 0.1) is 12.1 Å². The third-order valence-electron chi connectivity index (χ3n) is 2.58. The van der Waals surface area contributed by atoms with Crippen molar-refractivity contribution in [2.45, 2.75) is 5.66 Å². The van der Waals surface area contributed by atoms with Crippen LogP contribution in [0.3, 0.4) is 0 Å². The van der Waals surface area contributed by atoms with E-state index in [0.717, 1.165) is 0 Å². The molecule has 0 fully saturated rings. The summed E-state index contributed by atoms with van der Waals surface area (Å²) in [6.07, 6.45) is 0. The number of hydrogen-bond donors (Lipinski definition) is 0. The zero-order valence-electron chi connectivity index (χ0n) is 10.1. The number of benzene rings is 1. The minimum Gasteiger partial charge on any atom is -0.311 e. The van der Waals surface area contributed by atoms with Gasteiger partial charge in [0.2, 0.25) is 0 Å². The van der Waals surface area contributed by atoms with Crippen molar-refractivity contribution in [1.82, 2.24) is 0 Å². The topological polar surface area (TPSA) is 83.1 Å². The molecule has 94 valence electrons. The van der Waals surface area contributed by atoms with Gasteiger partial charge in [-0.15, -0.1) is 0 Å². The minimum atomic E-state index is -3.55. The Balaban J connectivity index is 3.34. The second kappa shape index (κ2) is 6.33. The fourth-order valence-electron chi connectivity index (χ4n) is 1.68. The molecule has 0 spiro atoms. The van der Waals surface area contributed by atoms with Gasteiger partial charge in [-0.1, -0.05) is 30.3 Å². The first-order chi connectivity index (χ1) is 8.62. The molecule has 1 aromatic carbocycles. The lowest BCUT2D eigenvalue weighted by molar-refractivity contribution is 0.262. The molecule has 0 N–H and O–H groups in total. The molecular formula is C12H13N2O3P. The van der Waals surface area contributed by atoms with Crippen molar-refractivity contribution >= 4 is 7.60 Å². The van der Waals surface area contributed by atoms with Crippen LogP contribution in [0, 0.1) is 28.6 Å². The molecule has 5 nitrogen and oxygen atoms in total. The van der Waals surface area contributed by atoms with Crippen molar-refractivity contribution < 1.29 is 13.6 Å². The van der Waals surface area contributed by atoms with Crippen LogP contribution in [0.1, 0.15) is 11.2 Å². The average molecular weight is 264 g/mol. The van der Waals surface area contributed by atoms with E-state index in [-0.39, 0.29) is 0 Å². The fourth-order valence-corrected chi connectivity index (χ4v) is 3.32. The van der Waals surface area contributed by atoms with Crippen LogP contribution in [-0.4, -0.2) is 14.2 Å². The molecule has 0 aliphatic carbocycles. The lowest BCUT2D eigenvalue weighted by atomic mass is 10.0. The number of nitriles is 2. The molecule has 6 heteroatoms. The Kier molecular flexibility index (Phi) is 5.07. The Morgan fingerprint density at radius 3 is 2.00 bits per heavy atom. The van der Waals surface area contributed by atoms with E-state index in [2.05, 4.69) is 0 Å². The second-order valence-electron chi connectivity index (χ2n) is 3.50. The Bertz CT molecular complexity index is 496. The maximum Gasteiger partial charge on any atom is 0.339 e. The Morgan fingerprint density at radius 1 is 1.11 bits per heavy atom. The molecule has 0 heterocycles. The maximum atomic E-state index is 12.5. The summed E-state index contributed by atoms with van der Waals surface area (Å²) in [5.74, 6) is -1.10. The Hall–Kier alpha value is -1.65. The quantitative estimate of drug-likeness (QED) is 0.763. The van der Waals surface area contributed by atoms with Gasteiger partial charge < -0.3 is 9.05 Å². The van der Waals surface area contributed by atoms with E-state index < -0.39 is 19.2 Å². The maximum absolute atomic E-state index is 12.5. The van der Waals surface area contributed by atoms with Crippen molar-refractivity contribution in [2.24, 2.45) is 5.92 Å². The third-order valence-corrected chi connectivity index (χ3v) is 4.88. The van der Waals surface area contributed by atoms with Gasteiger partial charge in [-0.2, -0.15) is 10.5 Å². The average Bonchev–Trinajstić information content (AvgIpc) is 2.44. The van der Waals surface area contributed by atoms with Crippen LogP contribution in [-0.2, 0) is 13.6 Å². The molecular weight excluding hydrogens is 251 g/mol. The Morgan fingerprint density at radius 2 is 1.61 bits per heavy atom. The summed E-state index contributed by atoms with van der Waals surface area (Å²) in [7, 11) is -1.06. The number of rotatable bonds is 5. The third kappa shape index (κ3) is 2.78. The minimum absolute atomic E-state index is 0.581. The van der Waals surface area contributed by atoms with Gasteiger partial charge in [0.1, 0.15) is 5.66 Å². The van der Waals surface area contributed by atoms with Crippen LogP contribution in [0.4, 0.5) is 0 Å². The molecule has 18 heavy (non-hydrogen) atoms. The SMILES string of the molecule is COP(=O)(OC)[C@H](c1ccccc1)C(C#N)C#N. The molecule has 0 aromatic heterocycles. The van der Waals surface area contributed by atoms with E-state index >= 15 is 0 Å². The standard InChI is InChI=1S/C12H13N2O3P/c1-16-18(15,17-2)12(11(8-13)9-14)10-6-4-3-5-7-10/h3-7,11-12H,1-2H3/t12-/m1/s1. The van der Waals surface area contributed by atoms with E-state index in [1.165, 1.54) is 14.2 Å². The summed E-state index contributed by atoms with van der Waals surface area (Å²) in [4.78, 5) is 0. The van der Waals surface area contributed by atoms with E-state index in [4.69, 9.17) is 19.6 Å². The van der Waals surface area contributed by atoms with Gasteiger partial charge in [-0.25, -0.2) is 0 Å². The van der Waals surface area contributed by atoms with Gasteiger partial charge >= 0.3 is 7.60 Å². The molecule has 0 aliphatic rings. The molecule has 1 rings (SSSR count). The molecule has 0 saturated heterocycles. The van der Waals surface area contributed by atoms with E-state index in [1.54, 1.807) is 30.3 Å². The molecule has 0 bridgehead atoms. The highest BCUT2D eigenvalue weighted by Crippen LogP contribution is 2.62. The van der Waals surface area contributed by atoms with Crippen LogP contribution in [0.15, 0.2) is 30.3 Å². The second-order valence-corrected chi connectivity index (χ2v) is 5.86. The molecule has 0 radical (unpaired) electrons. The van der Waals surface area contributed by atoms with Crippen LogP contribution < -0.4 is 0 Å². The van der Waals surface area contributed by atoms with Gasteiger partial charge in [-0.05, 0) is 5.56 Å². The zero-order chi connectivity index (χ0) is 13.6. The van der Waals surface area contributed by atoms with Crippen molar-refractivity contribution in [1.29, 1.82) is 10.5 Å². The van der Waals surface area contributed by atoms with Gasteiger partial charge in [0.25, 0.3) is 0 Å². The molecule has 1 aromatic rings. The molecule has 0 unspecified atom stereocenters. The van der Waals surface area contributed by atoms with E-state index in [9.17, 15) is 4.57 Å². The largest absolute Gasteiger partial charge is 0.339 e. The first kappa shape index (κ1) is 14.4. The van der Waals surface area contributed by atoms with Crippen LogP contribution in [0.5, 0.6) is 0 Å². The van der Waals surface area contributed by atoms with Crippen LogP contribution in [0.2, 0.25) is 0 Å². The fraction of sp³-hybridized carbons (Fsp3) is 0.333. The summed E-state index contributed by atoms with van der Waals surface area (Å²) >= 11 is 0. The molecule has 0 amide bonds. The zero-order valence-corrected chi connectivity index (χ0v) is 11.0. The van der Waals surface area contributed by atoms with Crippen LogP contribution in [0.25, 0.3) is 0 Å². The summed E-state index contributed by atoms with van der Waals surface area (Å²) in [5.41, 5.74) is -0.332. The van der Waals surface area contributed by atoms with E-state index in [1.807, 2.05) is 12.1 Å². The first-order valence-electron chi connectivity index (χ1n) is 5.18. The molecule has 0 aliphatic heterocycles. The van der Waals surface area contributed by atoms with Gasteiger partial charge in [-0.3, -0.25) is 4.57 Å². The van der Waals surface area contributed by atoms with E-state index in [0.29, 0.717) is 5.56 Å². The Labute approximate surface area is 106 Å². The van der Waals surface area contributed by atoms with Crippen molar-refractivity contribution in [3.05, 3.63) is 35.9 Å². The summed E-state index contributed by atoms with van der Waals surface area (Å²) in [5, 5.41) is 18.0. The lowest BCUT2D eigenvalue weighted by Crippen LogP contribution is -2.12. The molecule has 1 atom stereocenters. The summed E-state index contributed by atoms with van der Waals surface area (Å²) < 4.78 is 22.3. The monoisotopic (exact) mass is 264 g/mol.